The molecule has 0 aliphatic heterocycles. The van der Waals surface area contributed by atoms with Crippen LogP contribution in [0.5, 0.6) is 0 Å². The number of amides is 1. The van der Waals surface area contributed by atoms with Gasteiger partial charge in [0.2, 0.25) is 5.91 Å². The van der Waals surface area contributed by atoms with E-state index in [0.717, 1.165) is 38.5 Å². The molecule has 6 nitrogen and oxygen atoms in total. The van der Waals surface area contributed by atoms with Gasteiger partial charge in [0.25, 0.3) is 0 Å². The molecule has 0 aliphatic carbocycles. The predicted molar refractivity (Wildman–Crippen MR) is 412 cm³/mol. The van der Waals surface area contributed by atoms with Gasteiger partial charge in [-0.25, -0.2) is 0 Å². The summed E-state index contributed by atoms with van der Waals surface area (Å²) in [5.74, 6) is -0.000647. The second-order valence-corrected chi connectivity index (χ2v) is 30.2. The largest absolute Gasteiger partial charge is 0.466 e. The third kappa shape index (κ3) is 79.5. The molecule has 0 aliphatic rings. The number of aliphatic hydroxyl groups excluding tert-OH is 2. The van der Waals surface area contributed by atoms with Crippen LogP contribution in [0.25, 0.3) is 0 Å². The number of hydrogen-bond donors (Lipinski definition) is 3. The van der Waals surface area contributed by atoms with Crippen molar-refractivity contribution < 1.29 is 24.5 Å². The molecule has 0 rings (SSSR count). The van der Waals surface area contributed by atoms with E-state index in [2.05, 4.69) is 31.3 Å². The van der Waals surface area contributed by atoms with Gasteiger partial charge in [-0.15, -0.1) is 0 Å². The molecule has 3 N–H and O–H groups in total. The summed E-state index contributed by atoms with van der Waals surface area (Å²) in [4.78, 5) is 24.7. The highest BCUT2D eigenvalue weighted by Crippen LogP contribution is 2.21. The summed E-state index contributed by atoms with van der Waals surface area (Å²) in [5, 5.41) is 23.5. The summed E-state index contributed by atoms with van der Waals surface area (Å²) in [7, 11) is 0. The second kappa shape index (κ2) is 83.0. The number of esters is 1. The zero-order chi connectivity index (χ0) is 67.0. The van der Waals surface area contributed by atoms with Gasteiger partial charge in [0, 0.05) is 12.8 Å². The number of unbranched alkanes of at least 4 members (excludes halogenated alkanes) is 70. The molecule has 0 radical (unpaired) electrons. The first-order valence-electron chi connectivity index (χ1n) is 43.4. The molecular weight excluding hydrogens is 1140 g/mol. The molecule has 93 heavy (non-hydrogen) atoms. The van der Waals surface area contributed by atoms with E-state index in [-0.39, 0.29) is 18.5 Å². The molecule has 0 saturated carbocycles. The smallest absolute Gasteiger partial charge is 0.305 e. The lowest BCUT2D eigenvalue weighted by Gasteiger charge is -2.22. The van der Waals surface area contributed by atoms with E-state index in [9.17, 15) is 19.8 Å². The third-order valence-electron chi connectivity index (χ3n) is 20.8. The summed E-state index contributed by atoms with van der Waals surface area (Å²) in [6.07, 6.45) is 106. The first kappa shape index (κ1) is 91.6. The SMILES string of the molecule is CCCCCCCCC/C=C\CCCCCCCCCC(=O)OCCCCCCCCCCCCCCCCCCCCCCCCCCCCCCCCCCCCCCCCCC(=O)NC(CO)C(O)CCCCCCCCCCCCCCCCCCCCC. The van der Waals surface area contributed by atoms with Crippen molar-refractivity contribution in [1.82, 2.24) is 5.32 Å². The van der Waals surface area contributed by atoms with Gasteiger partial charge in [-0.3, -0.25) is 9.59 Å². The van der Waals surface area contributed by atoms with E-state index in [4.69, 9.17) is 4.74 Å². The Morgan fingerprint density at radius 2 is 0.505 bits per heavy atom. The summed E-state index contributed by atoms with van der Waals surface area (Å²) in [6, 6.07) is -0.537. The number of ether oxygens (including phenoxy) is 1. The average molecular weight is 1310 g/mol. The summed E-state index contributed by atoms with van der Waals surface area (Å²) < 4.78 is 5.52. The van der Waals surface area contributed by atoms with Gasteiger partial charge in [-0.05, 0) is 51.4 Å². The monoisotopic (exact) mass is 1310 g/mol. The van der Waals surface area contributed by atoms with Crippen LogP contribution in [-0.2, 0) is 14.3 Å². The fraction of sp³-hybridized carbons (Fsp3) is 0.954. The molecule has 6 heteroatoms. The van der Waals surface area contributed by atoms with Gasteiger partial charge in [0.15, 0.2) is 0 Å². The van der Waals surface area contributed by atoms with Gasteiger partial charge in [-0.2, -0.15) is 0 Å². The van der Waals surface area contributed by atoms with E-state index in [0.29, 0.717) is 25.9 Å². The topological polar surface area (TPSA) is 95.9 Å². The van der Waals surface area contributed by atoms with E-state index in [1.165, 1.54) is 437 Å². The van der Waals surface area contributed by atoms with E-state index in [1.807, 2.05) is 0 Å². The Labute approximate surface area is 584 Å². The molecule has 0 aromatic heterocycles. The van der Waals surface area contributed by atoms with Crippen molar-refractivity contribution in [2.75, 3.05) is 13.2 Å². The fourth-order valence-electron chi connectivity index (χ4n) is 14.2. The number of allylic oxidation sites excluding steroid dienone is 2. The van der Waals surface area contributed by atoms with Gasteiger partial charge < -0.3 is 20.3 Å². The molecule has 0 fully saturated rings. The van der Waals surface area contributed by atoms with E-state index >= 15 is 0 Å². The highest BCUT2D eigenvalue weighted by Gasteiger charge is 2.20. The Balaban J connectivity index is 3.28. The molecule has 2 unspecified atom stereocenters. The molecule has 2 atom stereocenters. The highest BCUT2D eigenvalue weighted by molar-refractivity contribution is 5.76. The lowest BCUT2D eigenvalue weighted by molar-refractivity contribution is -0.143. The number of rotatable bonds is 83. The Morgan fingerprint density at radius 3 is 0.763 bits per heavy atom. The van der Waals surface area contributed by atoms with Crippen LogP contribution >= 0.6 is 0 Å². The first-order valence-corrected chi connectivity index (χ1v) is 43.4. The van der Waals surface area contributed by atoms with Crippen LogP contribution in [0.15, 0.2) is 12.2 Å². The van der Waals surface area contributed by atoms with Crippen LogP contribution in [0.3, 0.4) is 0 Å². The van der Waals surface area contributed by atoms with Gasteiger partial charge in [0.1, 0.15) is 0 Å². The maximum Gasteiger partial charge on any atom is 0.305 e. The fourth-order valence-corrected chi connectivity index (χ4v) is 14.2. The zero-order valence-corrected chi connectivity index (χ0v) is 63.8. The summed E-state index contributed by atoms with van der Waals surface area (Å²) >= 11 is 0. The van der Waals surface area contributed by atoms with Crippen LogP contribution in [0.1, 0.15) is 508 Å². The number of carbonyl (C=O) groups is 2. The number of aliphatic hydroxyl groups is 2. The summed E-state index contributed by atoms with van der Waals surface area (Å²) in [6.45, 7) is 5.01. The number of carbonyl (C=O) groups excluding carboxylic acids is 2. The Hall–Kier alpha value is -1.40. The number of nitrogens with one attached hydrogen (secondary N) is 1. The third-order valence-corrected chi connectivity index (χ3v) is 20.8. The van der Waals surface area contributed by atoms with Crippen molar-refractivity contribution in [1.29, 1.82) is 0 Å². The molecule has 0 heterocycles. The Bertz CT molecular complexity index is 1420. The van der Waals surface area contributed by atoms with Crippen LogP contribution in [-0.4, -0.2) is 47.4 Å². The van der Waals surface area contributed by atoms with Crippen molar-refractivity contribution >= 4 is 11.9 Å². The molecule has 0 aromatic rings. The van der Waals surface area contributed by atoms with E-state index in [1.54, 1.807) is 0 Å². The molecule has 0 bridgehead atoms. The van der Waals surface area contributed by atoms with Crippen LogP contribution in [0.2, 0.25) is 0 Å². The lowest BCUT2D eigenvalue weighted by Crippen LogP contribution is -2.45. The van der Waals surface area contributed by atoms with Crippen molar-refractivity contribution in [3.8, 4) is 0 Å². The van der Waals surface area contributed by atoms with Crippen molar-refractivity contribution in [2.45, 2.75) is 520 Å². The maximum atomic E-state index is 12.6. The molecule has 554 valence electrons. The van der Waals surface area contributed by atoms with Crippen molar-refractivity contribution in [3.05, 3.63) is 12.2 Å². The van der Waals surface area contributed by atoms with Crippen LogP contribution in [0, 0.1) is 0 Å². The first-order chi connectivity index (χ1) is 46.0. The molecule has 0 spiro atoms. The van der Waals surface area contributed by atoms with Crippen LogP contribution < -0.4 is 5.32 Å². The van der Waals surface area contributed by atoms with E-state index < -0.39 is 12.1 Å². The minimum Gasteiger partial charge on any atom is -0.466 e. The molecule has 0 aromatic carbocycles. The standard InChI is InChI=1S/C87H171NO5/c1-3-5-7-9-11-13-15-17-19-21-44-47-51-55-59-63-67-71-75-79-85(90)84(83-89)88-86(91)80-76-72-68-64-60-56-52-48-45-42-40-38-36-34-32-30-28-26-24-23-25-27-29-31-33-35-37-39-41-43-46-50-54-58-62-66-70-74-78-82-93-87(92)81-77-73-69-65-61-57-53-49-22-20-18-16-14-12-10-8-6-4-2/h20,22,84-85,89-90H,3-19,21,23-83H2,1-2H3,(H,88,91)/b22-20-. The lowest BCUT2D eigenvalue weighted by atomic mass is 10.0. The van der Waals surface area contributed by atoms with Gasteiger partial charge >= 0.3 is 5.97 Å². The second-order valence-electron chi connectivity index (χ2n) is 30.2. The molecular formula is C87H171NO5. The molecule has 1 amide bonds. The molecule has 0 saturated heterocycles. The van der Waals surface area contributed by atoms with Crippen molar-refractivity contribution in [3.63, 3.8) is 0 Å². The highest BCUT2D eigenvalue weighted by atomic mass is 16.5. The van der Waals surface area contributed by atoms with Crippen molar-refractivity contribution in [2.24, 2.45) is 0 Å². The van der Waals surface area contributed by atoms with Crippen LogP contribution in [0.4, 0.5) is 0 Å². The Kier molecular flexibility index (Phi) is 81.8. The summed E-state index contributed by atoms with van der Waals surface area (Å²) in [5.41, 5.74) is 0. The van der Waals surface area contributed by atoms with Gasteiger partial charge in [-0.1, -0.05) is 456 Å². The minimum atomic E-state index is -0.660. The number of hydrogen-bond acceptors (Lipinski definition) is 5. The average Bonchev–Trinajstić information content (AvgIpc) is 3.74. The predicted octanol–water partition coefficient (Wildman–Crippen LogP) is 29.0. The Morgan fingerprint density at radius 1 is 0.290 bits per heavy atom. The zero-order valence-electron chi connectivity index (χ0n) is 63.8. The van der Waals surface area contributed by atoms with Gasteiger partial charge in [0.05, 0.1) is 25.4 Å². The quantitative estimate of drug-likeness (QED) is 0.0320. The maximum absolute atomic E-state index is 12.6. The minimum absolute atomic E-state index is 0.0225. The normalized spacial score (nSPS) is 12.4.